The molecule has 1 heterocycles. The van der Waals surface area contributed by atoms with Gasteiger partial charge in [0.1, 0.15) is 11.6 Å². The van der Waals surface area contributed by atoms with Gasteiger partial charge in [0, 0.05) is 31.1 Å². The number of carbonyl (C=O) groups excluding carboxylic acids is 1. The van der Waals surface area contributed by atoms with Gasteiger partial charge in [-0.25, -0.2) is 17.5 Å². The second-order valence-corrected chi connectivity index (χ2v) is 9.00. The van der Waals surface area contributed by atoms with E-state index in [-0.39, 0.29) is 23.3 Å². The zero-order valence-corrected chi connectivity index (χ0v) is 17.4. The number of sulfonamides is 1. The minimum Gasteiger partial charge on any atom is -0.497 e. The summed E-state index contributed by atoms with van der Waals surface area (Å²) in [5.41, 5.74) is 0.379. The molecule has 0 saturated carbocycles. The van der Waals surface area contributed by atoms with E-state index in [0.29, 0.717) is 37.2 Å². The van der Waals surface area contributed by atoms with Crippen LogP contribution in [0.4, 0.5) is 4.39 Å². The third kappa shape index (κ3) is 5.35. The molecule has 1 aliphatic heterocycles. The summed E-state index contributed by atoms with van der Waals surface area (Å²) in [6, 6.07) is 11.4. The number of hydrogen-bond acceptors (Lipinski definition) is 5. The van der Waals surface area contributed by atoms with Crippen LogP contribution in [0.1, 0.15) is 23.2 Å². The molecule has 30 heavy (non-hydrogen) atoms. The van der Waals surface area contributed by atoms with Crippen LogP contribution in [0, 0.1) is 11.7 Å². The summed E-state index contributed by atoms with van der Waals surface area (Å²) in [5, 5.41) is 10.5. The summed E-state index contributed by atoms with van der Waals surface area (Å²) in [7, 11) is -2.23. The van der Waals surface area contributed by atoms with Crippen molar-refractivity contribution in [2.75, 3.05) is 26.7 Å². The highest BCUT2D eigenvalue weighted by atomic mass is 32.2. The number of rotatable bonds is 6. The molecule has 1 fully saturated rings. The number of hydrogen-bond donors (Lipinski definition) is 2. The minimum atomic E-state index is -3.73. The molecule has 1 aliphatic rings. The van der Waals surface area contributed by atoms with Crippen molar-refractivity contribution < 1.29 is 27.4 Å². The van der Waals surface area contributed by atoms with Crippen LogP contribution in [-0.4, -0.2) is 57.2 Å². The van der Waals surface area contributed by atoms with Crippen LogP contribution in [0.25, 0.3) is 0 Å². The van der Waals surface area contributed by atoms with Gasteiger partial charge in [0.05, 0.1) is 18.1 Å². The SMILES string of the molecule is COc1ccc(S(=O)(=O)NC[C@H]2CCN(C(=O)c3ccc(F)cc3)CC[C@H]2O)cc1. The van der Waals surface area contributed by atoms with Crippen LogP contribution in [0.2, 0.25) is 0 Å². The predicted molar refractivity (Wildman–Crippen MR) is 109 cm³/mol. The lowest BCUT2D eigenvalue weighted by Crippen LogP contribution is -2.35. The number of nitrogens with zero attached hydrogens (tertiary/aromatic N) is 1. The lowest BCUT2D eigenvalue weighted by molar-refractivity contribution is 0.0751. The smallest absolute Gasteiger partial charge is 0.253 e. The van der Waals surface area contributed by atoms with Gasteiger partial charge in [-0.3, -0.25) is 4.79 Å². The van der Waals surface area contributed by atoms with Gasteiger partial charge in [0.25, 0.3) is 5.91 Å². The number of nitrogens with one attached hydrogen (secondary N) is 1. The number of ether oxygens (including phenoxy) is 1. The van der Waals surface area contributed by atoms with E-state index in [2.05, 4.69) is 4.72 Å². The van der Waals surface area contributed by atoms with Gasteiger partial charge in [-0.2, -0.15) is 0 Å². The maximum Gasteiger partial charge on any atom is 0.253 e. The van der Waals surface area contributed by atoms with Gasteiger partial charge in [-0.1, -0.05) is 0 Å². The highest BCUT2D eigenvalue weighted by Crippen LogP contribution is 2.21. The van der Waals surface area contributed by atoms with Crippen LogP contribution in [0.3, 0.4) is 0 Å². The molecule has 162 valence electrons. The Morgan fingerprint density at radius 2 is 1.77 bits per heavy atom. The number of halogens is 1. The Kier molecular flexibility index (Phi) is 7.06. The molecule has 0 bridgehead atoms. The average molecular weight is 437 g/mol. The molecule has 0 aliphatic carbocycles. The van der Waals surface area contributed by atoms with Crippen LogP contribution in [0.5, 0.6) is 5.75 Å². The fourth-order valence-corrected chi connectivity index (χ4v) is 4.52. The lowest BCUT2D eigenvalue weighted by atomic mass is 9.98. The van der Waals surface area contributed by atoms with E-state index in [9.17, 15) is 22.7 Å². The molecule has 9 heteroatoms. The number of likely N-dealkylation sites (tertiary alicyclic amines) is 1. The number of aliphatic hydroxyl groups is 1. The first-order valence-corrected chi connectivity index (χ1v) is 11.1. The molecule has 2 atom stereocenters. The summed E-state index contributed by atoms with van der Waals surface area (Å²) in [4.78, 5) is 14.3. The molecule has 1 amide bonds. The van der Waals surface area contributed by atoms with Crippen molar-refractivity contribution in [3.8, 4) is 5.75 Å². The van der Waals surface area contributed by atoms with Gasteiger partial charge in [0.2, 0.25) is 10.0 Å². The first kappa shape index (κ1) is 22.2. The maximum atomic E-state index is 13.1. The van der Waals surface area contributed by atoms with Gasteiger partial charge in [-0.15, -0.1) is 0 Å². The molecule has 0 radical (unpaired) electrons. The summed E-state index contributed by atoms with van der Waals surface area (Å²) in [6.45, 7) is 0.787. The second-order valence-electron chi connectivity index (χ2n) is 7.23. The topological polar surface area (TPSA) is 95.9 Å². The third-order valence-corrected chi connectivity index (χ3v) is 6.73. The summed E-state index contributed by atoms with van der Waals surface area (Å²) in [5.74, 6) is -0.424. The van der Waals surface area contributed by atoms with E-state index in [1.165, 1.54) is 43.5 Å². The van der Waals surface area contributed by atoms with Crippen LogP contribution in [0.15, 0.2) is 53.4 Å². The van der Waals surface area contributed by atoms with E-state index >= 15 is 0 Å². The lowest BCUT2D eigenvalue weighted by Gasteiger charge is -2.21. The zero-order chi connectivity index (χ0) is 21.7. The van der Waals surface area contributed by atoms with Gasteiger partial charge < -0.3 is 14.7 Å². The van der Waals surface area contributed by atoms with Crippen LogP contribution >= 0.6 is 0 Å². The highest BCUT2D eigenvalue weighted by molar-refractivity contribution is 7.89. The average Bonchev–Trinajstić information content (AvgIpc) is 2.94. The van der Waals surface area contributed by atoms with Gasteiger partial charge in [-0.05, 0) is 61.4 Å². The Hall–Kier alpha value is -2.49. The fraction of sp³-hybridized carbons (Fsp3) is 0.381. The first-order valence-electron chi connectivity index (χ1n) is 9.67. The Labute approximate surface area is 175 Å². The molecule has 7 nitrogen and oxygen atoms in total. The number of aliphatic hydroxyl groups excluding tert-OH is 1. The zero-order valence-electron chi connectivity index (χ0n) is 16.6. The van der Waals surface area contributed by atoms with E-state index in [4.69, 9.17) is 4.74 Å². The quantitative estimate of drug-likeness (QED) is 0.722. The Balaban J connectivity index is 1.60. The number of amides is 1. The van der Waals surface area contributed by atoms with Crippen LogP contribution in [-0.2, 0) is 10.0 Å². The maximum absolute atomic E-state index is 13.1. The van der Waals surface area contributed by atoms with Gasteiger partial charge >= 0.3 is 0 Å². The first-order chi connectivity index (χ1) is 14.3. The van der Waals surface area contributed by atoms with E-state index in [0.717, 1.165) is 0 Å². The third-order valence-electron chi connectivity index (χ3n) is 5.29. The van der Waals surface area contributed by atoms with Crippen molar-refractivity contribution in [3.63, 3.8) is 0 Å². The molecular formula is C21H25FN2O5S. The standard InChI is InChI=1S/C21H25FN2O5S/c1-29-18-6-8-19(9-7-18)30(27,28)23-14-16-10-12-24(13-11-20(16)25)21(26)15-2-4-17(22)5-3-15/h2-9,16,20,23,25H,10-14H2,1H3/t16-,20-/m1/s1. The van der Waals surface area contributed by atoms with Crippen molar-refractivity contribution in [2.24, 2.45) is 5.92 Å². The number of methoxy groups -OCH3 is 1. The fourth-order valence-electron chi connectivity index (χ4n) is 3.42. The summed E-state index contributed by atoms with van der Waals surface area (Å²) >= 11 is 0. The molecule has 0 unspecified atom stereocenters. The van der Waals surface area contributed by atoms with Crippen molar-refractivity contribution in [1.29, 1.82) is 0 Å². The summed E-state index contributed by atoms with van der Waals surface area (Å²) in [6.07, 6.45) is 0.0377. The van der Waals surface area contributed by atoms with E-state index < -0.39 is 21.9 Å². The Bertz CT molecular complexity index is 964. The number of benzene rings is 2. The molecule has 2 aromatic rings. The highest BCUT2D eigenvalue weighted by Gasteiger charge is 2.28. The van der Waals surface area contributed by atoms with Crippen LogP contribution < -0.4 is 9.46 Å². The molecule has 2 N–H and O–H groups in total. The molecule has 0 spiro atoms. The van der Waals surface area contributed by atoms with Crippen molar-refractivity contribution >= 4 is 15.9 Å². The molecule has 2 aromatic carbocycles. The molecule has 3 rings (SSSR count). The molecule has 1 saturated heterocycles. The monoisotopic (exact) mass is 436 g/mol. The van der Waals surface area contributed by atoms with E-state index in [1.54, 1.807) is 17.0 Å². The predicted octanol–water partition coefficient (Wildman–Crippen LogP) is 2.03. The van der Waals surface area contributed by atoms with Crippen molar-refractivity contribution in [2.45, 2.75) is 23.8 Å². The minimum absolute atomic E-state index is 0.0636. The van der Waals surface area contributed by atoms with E-state index in [1.807, 2.05) is 0 Å². The van der Waals surface area contributed by atoms with Crippen molar-refractivity contribution in [3.05, 3.63) is 59.9 Å². The molecule has 0 aromatic heterocycles. The number of carbonyl (C=O) groups is 1. The second kappa shape index (κ2) is 9.55. The summed E-state index contributed by atoms with van der Waals surface area (Å²) < 4.78 is 45.7. The van der Waals surface area contributed by atoms with Crippen molar-refractivity contribution in [1.82, 2.24) is 9.62 Å². The van der Waals surface area contributed by atoms with Gasteiger partial charge in [0.15, 0.2) is 0 Å². The largest absolute Gasteiger partial charge is 0.497 e. The Morgan fingerprint density at radius 3 is 2.40 bits per heavy atom. The normalized spacial score (nSPS) is 19.9. The molecular weight excluding hydrogens is 411 g/mol. The Morgan fingerprint density at radius 1 is 1.13 bits per heavy atom.